The Morgan fingerprint density at radius 3 is 2.83 bits per heavy atom. The molecule has 0 spiro atoms. The van der Waals surface area contributed by atoms with Crippen molar-refractivity contribution in [2.75, 3.05) is 13.1 Å². The first-order valence-corrected chi connectivity index (χ1v) is 8.41. The summed E-state index contributed by atoms with van der Waals surface area (Å²) in [7, 11) is 0. The summed E-state index contributed by atoms with van der Waals surface area (Å²) >= 11 is 0. The molecule has 2 heterocycles. The molecule has 1 fully saturated rings. The zero-order valence-electron chi connectivity index (χ0n) is 14.1. The third-order valence-corrected chi connectivity index (χ3v) is 4.67. The average Bonchev–Trinajstić information content (AvgIpc) is 2.96. The van der Waals surface area contributed by atoms with Crippen LogP contribution in [0.1, 0.15) is 58.9 Å². The molecule has 0 radical (unpaired) electrons. The molecule has 0 unspecified atom stereocenters. The normalized spacial score (nSPS) is 18.2. The number of hydrogen-bond acceptors (Lipinski definition) is 3. The standard InChI is InChI=1S/C19H24N2O2/c1-4-17-20-14(3)18(23-17)19(22)21-11-7-9-15(12-21)16-10-6-5-8-13(16)2/h5-6,8,10,15H,4,7,9,11-12H2,1-3H3/t15-/m1/s1. The Kier molecular flexibility index (Phi) is 4.51. The van der Waals surface area contributed by atoms with Crippen LogP contribution in [0, 0.1) is 13.8 Å². The lowest BCUT2D eigenvalue weighted by Crippen LogP contribution is -2.39. The van der Waals surface area contributed by atoms with Crippen molar-refractivity contribution < 1.29 is 9.21 Å². The predicted octanol–water partition coefficient (Wildman–Crippen LogP) is 3.87. The number of oxazole rings is 1. The van der Waals surface area contributed by atoms with Gasteiger partial charge in [0.1, 0.15) is 0 Å². The summed E-state index contributed by atoms with van der Waals surface area (Å²) in [5.74, 6) is 1.43. The second-order valence-corrected chi connectivity index (χ2v) is 6.32. The minimum absolute atomic E-state index is 0.0204. The maximum atomic E-state index is 12.8. The second-order valence-electron chi connectivity index (χ2n) is 6.32. The topological polar surface area (TPSA) is 46.3 Å². The van der Waals surface area contributed by atoms with Gasteiger partial charge in [0.05, 0.1) is 5.69 Å². The fourth-order valence-corrected chi connectivity index (χ4v) is 3.41. The van der Waals surface area contributed by atoms with Crippen molar-refractivity contribution in [3.05, 3.63) is 52.7 Å². The highest BCUT2D eigenvalue weighted by molar-refractivity contribution is 5.92. The van der Waals surface area contributed by atoms with Crippen molar-refractivity contribution in [1.29, 1.82) is 0 Å². The number of hydrogen-bond donors (Lipinski definition) is 0. The molecule has 0 bridgehead atoms. The molecule has 1 aliphatic rings. The zero-order chi connectivity index (χ0) is 16.4. The van der Waals surface area contributed by atoms with Gasteiger partial charge in [0.25, 0.3) is 5.91 Å². The van der Waals surface area contributed by atoms with Crippen molar-refractivity contribution >= 4 is 5.91 Å². The molecule has 2 aromatic rings. The molecule has 23 heavy (non-hydrogen) atoms. The molecule has 1 aromatic heterocycles. The van der Waals surface area contributed by atoms with E-state index in [0.29, 0.717) is 29.7 Å². The first-order valence-electron chi connectivity index (χ1n) is 8.41. The van der Waals surface area contributed by atoms with Gasteiger partial charge in [0.2, 0.25) is 5.76 Å². The van der Waals surface area contributed by atoms with E-state index in [1.807, 2.05) is 18.7 Å². The Hall–Kier alpha value is -2.10. The minimum Gasteiger partial charge on any atom is -0.435 e. The Bertz CT molecular complexity index is 705. The Morgan fingerprint density at radius 2 is 2.13 bits per heavy atom. The molecule has 4 nitrogen and oxygen atoms in total. The quantitative estimate of drug-likeness (QED) is 0.864. The number of piperidine rings is 1. The van der Waals surface area contributed by atoms with E-state index in [1.54, 1.807) is 0 Å². The van der Waals surface area contributed by atoms with Crippen LogP contribution in [0.25, 0.3) is 0 Å². The minimum atomic E-state index is -0.0204. The number of aryl methyl sites for hydroxylation is 3. The molecular weight excluding hydrogens is 288 g/mol. The molecular formula is C19H24N2O2. The highest BCUT2D eigenvalue weighted by Crippen LogP contribution is 2.30. The smallest absolute Gasteiger partial charge is 0.291 e. The lowest BCUT2D eigenvalue weighted by molar-refractivity contribution is 0.0672. The van der Waals surface area contributed by atoms with Crippen LogP contribution in [0.15, 0.2) is 28.7 Å². The molecule has 1 aromatic carbocycles. The predicted molar refractivity (Wildman–Crippen MR) is 89.7 cm³/mol. The van der Waals surface area contributed by atoms with Gasteiger partial charge < -0.3 is 9.32 Å². The molecule has 3 rings (SSSR count). The van der Waals surface area contributed by atoms with Crippen molar-refractivity contribution in [3.63, 3.8) is 0 Å². The number of benzene rings is 1. The van der Waals surface area contributed by atoms with E-state index in [2.05, 4.69) is 36.2 Å². The summed E-state index contributed by atoms with van der Waals surface area (Å²) in [6.45, 7) is 7.52. The maximum absolute atomic E-state index is 12.8. The van der Waals surface area contributed by atoms with E-state index in [9.17, 15) is 4.79 Å². The Balaban J connectivity index is 1.79. The van der Waals surface area contributed by atoms with Crippen LogP contribution in [0.2, 0.25) is 0 Å². The molecule has 122 valence electrons. The Labute approximate surface area is 137 Å². The molecule has 1 saturated heterocycles. The second kappa shape index (κ2) is 6.57. The van der Waals surface area contributed by atoms with E-state index >= 15 is 0 Å². The van der Waals surface area contributed by atoms with Crippen LogP contribution in [0.5, 0.6) is 0 Å². The summed E-state index contributed by atoms with van der Waals surface area (Å²) in [5, 5.41) is 0. The number of carbonyl (C=O) groups excluding carboxylic acids is 1. The summed E-state index contributed by atoms with van der Waals surface area (Å²) in [6, 6.07) is 8.47. The van der Waals surface area contributed by atoms with Gasteiger partial charge in [-0.15, -0.1) is 0 Å². The SMILES string of the molecule is CCc1nc(C)c(C(=O)N2CCC[C@@H](c3ccccc3C)C2)o1. The third-order valence-electron chi connectivity index (χ3n) is 4.67. The monoisotopic (exact) mass is 312 g/mol. The molecule has 1 atom stereocenters. The number of amides is 1. The van der Waals surface area contributed by atoms with Crippen LogP contribution in [-0.2, 0) is 6.42 Å². The fourth-order valence-electron chi connectivity index (χ4n) is 3.41. The molecule has 0 N–H and O–H groups in total. The van der Waals surface area contributed by atoms with Crippen LogP contribution in [-0.4, -0.2) is 28.9 Å². The van der Waals surface area contributed by atoms with Crippen molar-refractivity contribution in [1.82, 2.24) is 9.88 Å². The van der Waals surface area contributed by atoms with Gasteiger partial charge >= 0.3 is 0 Å². The number of carbonyl (C=O) groups is 1. The van der Waals surface area contributed by atoms with Gasteiger partial charge in [-0.05, 0) is 37.8 Å². The molecule has 1 amide bonds. The van der Waals surface area contributed by atoms with E-state index < -0.39 is 0 Å². The molecule has 0 saturated carbocycles. The maximum Gasteiger partial charge on any atom is 0.291 e. The molecule has 1 aliphatic heterocycles. The highest BCUT2D eigenvalue weighted by Gasteiger charge is 2.29. The van der Waals surface area contributed by atoms with Crippen LogP contribution >= 0.6 is 0 Å². The van der Waals surface area contributed by atoms with Crippen molar-refractivity contribution in [2.45, 2.75) is 46.0 Å². The first kappa shape index (κ1) is 15.8. The average molecular weight is 312 g/mol. The van der Waals surface area contributed by atoms with Crippen molar-refractivity contribution in [2.24, 2.45) is 0 Å². The number of rotatable bonds is 3. The van der Waals surface area contributed by atoms with Crippen molar-refractivity contribution in [3.8, 4) is 0 Å². The third kappa shape index (κ3) is 3.16. The van der Waals surface area contributed by atoms with Crippen LogP contribution in [0.3, 0.4) is 0 Å². The number of aromatic nitrogens is 1. The number of nitrogens with zero attached hydrogens (tertiary/aromatic N) is 2. The fraction of sp³-hybridized carbons (Fsp3) is 0.474. The van der Waals surface area contributed by atoms with E-state index in [1.165, 1.54) is 11.1 Å². The molecule has 0 aliphatic carbocycles. The lowest BCUT2D eigenvalue weighted by Gasteiger charge is -2.33. The van der Waals surface area contributed by atoms with E-state index in [-0.39, 0.29) is 5.91 Å². The van der Waals surface area contributed by atoms with Gasteiger partial charge in [-0.2, -0.15) is 0 Å². The highest BCUT2D eigenvalue weighted by atomic mass is 16.4. The van der Waals surface area contributed by atoms with Gasteiger partial charge in [-0.25, -0.2) is 4.98 Å². The Morgan fingerprint density at radius 1 is 1.35 bits per heavy atom. The summed E-state index contributed by atoms with van der Waals surface area (Å²) in [5.41, 5.74) is 3.36. The largest absolute Gasteiger partial charge is 0.435 e. The molecule has 4 heteroatoms. The van der Waals surface area contributed by atoms with Gasteiger partial charge in [-0.1, -0.05) is 31.2 Å². The lowest BCUT2D eigenvalue weighted by atomic mass is 9.88. The number of likely N-dealkylation sites (tertiary alicyclic amines) is 1. The summed E-state index contributed by atoms with van der Waals surface area (Å²) in [6.07, 6.45) is 2.86. The zero-order valence-corrected chi connectivity index (χ0v) is 14.1. The first-order chi connectivity index (χ1) is 11.1. The van der Waals surface area contributed by atoms with Gasteiger partial charge in [0.15, 0.2) is 5.89 Å². The van der Waals surface area contributed by atoms with E-state index in [4.69, 9.17) is 4.42 Å². The summed E-state index contributed by atoms with van der Waals surface area (Å²) < 4.78 is 5.64. The van der Waals surface area contributed by atoms with Gasteiger partial charge in [-0.3, -0.25) is 4.79 Å². The van der Waals surface area contributed by atoms with Crippen LogP contribution in [0.4, 0.5) is 0 Å². The van der Waals surface area contributed by atoms with E-state index in [0.717, 1.165) is 25.9 Å². The summed E-state index contributed by atoms with van der Waals surface area (Å²) in [4.78, 5) is 19.1. The van der Waals surface area contributed by atoms with Gasteiger partial charge in [0, 0.05) is 25.4 Å². The van der Waals surface area contributed by atoms with Crippen LogP contribution < -0.4 is 0 Å².